The summed E-state index contributed by atoms with van der Waals surface area (Å²) in [6.45, 7) is 16.2. The third-order valence-electron chi connectivity index (χ3n) is 11.3. The molecule has 0 saturated carbocycles. The minimum absolute atomic E-state index is 0. The molecule has 10 aromatic rings. The largest absolute Gasteiger partial charge is 0.501 e. The van der Waals surface area contributed by atoms with Gasteiger partial charge in [0.1, 0.15) is 5.58 Å². The zero-order chi connectivity index (χ0) is 43.0. The van der Waals surface area contributed by atoms with E-state index < -0.39 is 8.07 Å². The molecular formula is C57H51IrN3OSi-2. The summed E-state index contributed by atoms with van der Waals surface area (Å²) in [6, 6.07) is 63.6. The predicted molar refractivity (Wildman–Crippen MR) is 263 cm³/mol. The summed E-state index contributed by atoms with van der Waals surface area (Å²) >= 11 is 0. The standard InChI is InChI=1S/C37H23N2O.C20H28NSi.Ir/c1-3-13-25(14-4-1)27-18-11-19-28(26-15-5-2-6-16-26)35(27)39-33-23-9-8-22-32(33)38-37(39)31-21-12-20-30-29-17-7-10-24-34(29)40-36(30)31;1-15-8-10-16(11-9-15)18-12-17(13-20(2,3)4)19(14-21-18)22(5,6)7;/h1-20,22-24H;8-10,12,14H,13H2,1-7H3;/q2*-1;. The first-order valence-electron chi connectivity index (χ1n) is 21.5. The second-order valence-electron chi connectivity index (χ2n) is 18.4. The van der Waals surface area contributed by atoms with Crippen LogP contribution in [0.25, 0.3) is 83.6 Å². The van der Waals surface area contributed by atoms with E-state index in [-0.39, 0.29) is 25.5 Å². The molecule has 0 spiro atoms. The number of fused-ring (bicyclic) bond motifs is 4. The fourth-order valence-electron chi connectivity index (χ4n) is 8.46. The Bertz CT molecular complexity index is 3120. The molecule has 6 heteroatoms. The Morgan fingerprint density at radius 2 is 1.33 bits per heavy atom. The van der Waals surface area contributed by atoms with Crippen molar-refractivity contribution >= 4 is 46.2 Å². The Balaban J connectivity index is 0.000000203. The number of hydrogen-bond donors (Lipinski definition) is 0. The van der Waals surface area contributed by atoms with Gasteiger partial charge in [-0.2, -0.15) is 0 Å². The van der Waals surface area contributed by atoms with E-state index in [2.05, 4.69) is 198 Å². The first-order valence-corrected chi connectivity index (χ1v) is 25.0. The van der Waals surface area contributed by atoms with E-state index in [0.29, 0.717) is 0 Å². The molecule has 0 N–H and O–H groups in total. The third kappa shape index (κ3) is 9.03. The number of hydrogen-bond acceptors (Lipinski definition) is 3. The van der Waals surface area contributed by atoms with Crippen molar-refractivity contribution in [1.82, 2.24) is 14.5 Å². The Hall–Kier alpha value is -6.17. The second-order valence-corrected chi connectivity index (χ2v) is 23.4. The summed E-state index contributed by atoms with van der Waals surface area (Å²) in [6.07, 6.45) is 3.21. The van der Waals surface area contributed by atoms with Crippen molar-refractivity contribution in [1.29, 1.82) is 0 Å². The molecule has 315 valence electrons. The molecule has 0 unspecified atom stereocenters. The molecule has 0 amide bonds. The van der Waals surface area contributed by atoms with Crippen molar-refractivity contribution < 1.29 is 24.5 Å². The number of rotatable bonds is 7. The molecule has 0 fully saturated rings. The Morgan fingerprint density at radius 3 is 1.98 bits per heavy atom. The van der Waals surface area contributed by atoms with Crippen molar-refractivity contribution in [2.45, 2.75) is 53.8 Å². The number of pyridine rings is 1. The van der Waals surface area contributed by atoms with Gasteiger partial charge >= 0.3 is 0 Å². The van der Waals surface area contributed by atoms with Crippen LogP contribution in [-0.4, -0.2) is 22.6 Å². The van der Waals surface area contributed by atoms with Crippen LogP contribution in [0.4, 0.5) is 0 Å². The fraction of sp³-hybridized carbons (Fsp3) is 0.158. The number of aromatic nitrogens is 3. The van der Waals surface area contributed by atoms with Crippen LogP contribution >= 0.6 is 0 Å². The average molecular weight is 1010 g/mol. The van der Waals surface area contributed by atoms with Crippen LogP contribution in [0.5, 0.6) is 0 Å². The monoisotopic (exact) mass is 1010 g/mol. The van der Waals surface area contributed by atoms with Crippen molar-refractivity contribution in [2.24, 2.45) is 5.41 Å². The molecule has 0 saturated heterocycles. The summed E-state index contributed by atoms with van der Waals surface area (Å²) in [5.41, 5.74) is 15.2. The van der Waals surface area contributed by atoms with Gasteiger partial charge in [0.25, 0.3) is 0 Å². The second kappa shape index (κ2) is 17.9. The van der Waals surface area contributed by atoms with Gasteiger partial charge in [-0.3, -0.25) is 4.98 Å². The topological polar surface area (TPSA) is 43.9 Å². The zero-order valence-corrected chi connectivity index (χ0v) is 40.4. The number of nitrogens with zero attached hydrogens (tertiary/aromatic N) is 3. The van der Waals surface area contributed by atoms with Gasteiger partial charge in [0.05, 0.1) is 36.2 Å². The van der Waals surface area contributed by atoms with Gasteiger partial charge in [-0.1, -0.05) is 179 Å². The van der Waals surface area contributed by atoms with E-state index in [9.17, 15) is 0 Å². The SMILES string of the molecule is Cc1c[c-]c(-c2cc(CC(C)(C)C)c([Si](C)(C)C)cn2)cc1.[Ir].[c-]1ccc2c(oc3ccccc32)c1-c1nc2ccccc2n1-c1c(-c2ccccc2)cccc1-c1ccccc1. The fourth-order valence-corrected chi connectivity index (χ4v) is 10.0. The van der Waals surface area contributed by atoms with E-state index in [1.807, 2.05) is 36.4 Å². The van der Waals surface area contributed by atoms with E-state index in [1.165, 1.54) is 16.3 Å². The van der Waals surface area contributed by atoms with Gasteiger partial charge in [-0.05, 0) is 52.0 Å². The van der Waals surface area contributed by atoms with Gasteiger partial charge in [-0.25, -0.2) is 0 Å². The summed E-state index contributed by atoms with van der Waals surface area (Å²) in [5.74, 6) is 0.798. The van der Waals surface area contributed by atoms with Crippen LogP contribution in [0.15, 0.2) is 174 Å². The minimum Gasteiger partial charge on any atom is -0.501 e. The normalized spacial score (nSPS) is 11.7. The molecule has 4 nitrogen and oxygen atoms in total. The molecule has 0 aliphatic rings. The molecule has 3 aromatic heterocycles. The van der Waals surface area contributed by atoms with Crippen molar-refractivity contribution in [3.8, 4) is 50.6 Å². The van der Waals surface area contributed by atoms with Gasteiger partial charge in [-0.15, -0.1) is 53.6 Å². The first kappa shape index (κ1) is 43.5. The number of benzene rings is 7. The molecule has 7 aromatic carbocycles. The molecule has 10 rings (SSSR count). The molecule has 0 aliphatic carbocycles. The van der Waals surface area contributed by atoms with Crippen molar-refractivity contribution in [3.63, 3.8) is 0 Å². The summed E-state index contributed by atoms with van der Waals surface area (Å²) in [5, 5.41) is 3.63. The number of para-hydroxylation sites is 4. The maximum atomic E-state index is 6.47. The van der Waals surface area contributed by atoms with Crippen LogP contribution in [0.3, 0.4) is 0 Å². The summed E-state index contributed by atoms with van der Waals surface area (Å²) in [4.78, 5) is 9.96. The molecular weight excluding hydrogens is 963 g/mol. The van der Waals surface area contributed by atoms with E-state index in [4.69, 9.17) is 14.4 Å². The molecule has 3 heterocycles. The van der Waals surface area contributed by atoms with Gasteiger partial charge in [0.15, 0.2) is 0 Å². The van der Waals surface area contributed by atoms with Gasteiger partial charge < -0.3 is 14.0 Å². The summed E-state index contributed by atoms with van der Waals surface area (Å²) < 4.78 is 8.76. The molecule has 0 aliphatic heterocycles. The van der Waals surface area contributed by atoms with E-state index in [0.717, 1.165) is 90.0 Å². The quantitative estimate of drug-likeness (QED) is 0.118. The Labute approximate surface area is 386 Å². The van der Waals surface area contributed by atoms with Crippen LogP contribution in [0, 0.1) is 24.5 Å². The van der Waals surface area contributed by atoms with Crippen LogP contribution in [0.1, 0.15) is 31.9 Å². The maximum Gasteiger partial charge on any atom is 0.120 e. The Morgan fingerprint density at radius 1 is 0.683 bits per heavy atom. The maximum absolute atomic E-state index is 6.47. The first-order chi connectivity index (χ1) is 29.9. The van der Waals surface area contributed by atoms with Crippen LogP contribution < -0.4 is 5.19 Å². The van der Waals surface area contributed by atoms with Crippen LogP contribution in [0.2, 0.25) is 19.6 Å². The molecule has 0 atom stereocenters. The van der Waals surface area contributed by atoms with Gasteiger partial charge in [0, 0.05) is 42.8 Å². The average Bonchev–Trinajstić information content (AvgIpc) is 3.85. The number of aryl methyl sites for hydroxylation is 1. The number of imidazole rings is 1. The number of furan rings is 1. The van der Waals surface area contributed by atoms with Gasteiger partial charge in [0.2, 0.25) is 0 Å². The van der Waals surface area contributed by atoms with E-state index in [1.54, 1.807) is 0 Å². The van der Waals surface area contributed by atoms with E-state index >= 15 is 0 Å². The molecule has 0 bridgehead atoms. The summed E-state index contributed by atoms with van der Waals surface area (Å²) in [7, 11) is -1.38. The zero-order valence-electron chi connectivity index (χ0n) is 37.0. The van der Waals surface area contributed by atoms with Crippen molar-refractivity contribution in [2.75, 3.05) is 0 Å². The third-order valence-corrected chi connectivity index (χ3v) is 13.4. The smallest absolute Gasteiger partial charge is 0.120 e. The van der Waals surface area contributed by atoms with Crippen LogP contribution in [-0.2, 0) is 26.5 Å². The minimum atomic E-state index is -1.38. The molecule has 1 radical (unpaired) electrons. The molecule has 63 heavy (non-hydrogen) atoms. The Kier molecular flexibility index (Phi) is 12.4. The predicted octanol–water partition coefficient (Wildman–Crippen LogP) is 14.7. The van der Waals surface area contributed by atoms with Crippen molar-refractivity contribution in [3.05, 3.63) is 193 Å².